The summed E-state index contributed by atoms with van der Waals surface area (Å²) in [7, 11) is 1.51. The summed E-state index contributed by atoms with van der Waals surface area (Å²) in [5, 5.41) is 20.1. The van der Waals surface area contributed by atoms with Crippen molar-refractivity contribution in [3.8, 4) is 0 Å². The van der Waals surface area contributed by atoms with Gasteiger partial charge in [-0.3, -0.25) is 24.2 Å². The Balaban J connectivity index is 2.37. The van der Waals surface area contributed by atoms with Gasteiger partial charge in [0, 0.05) is 25.1 Å². The number of aliphatic imine (C=N–C) groups is 1. The Labute approximate surface area is 285 Å². The van der Waals surface area contributed by atoms with E-state index in [0.29, 0.717) is 31.4 Å². The van der Waals surface area contributed by atoms with E-state index in [-0.39, 0.29) is 36.1 Å². The molecule has 13 heteroatoms. The molecule has 12 nitrogen and oxygen atoms in total. The maximum absolute atomic E-state index is 13.7. The fraction of sp³-hybridized carbons (Fsp3) is 0.824. The summed E-state index contributed by atoms with van der Waals surface area (Å²) < 4.78 is 6.06. The minimum absolute atomic E-state index is 0.0189. The van der Waals surface area contributed by atoms with E-state index in [1.807, 2.05) is 48.5 Å². The maximum atomic E-state index is 13.7. The Morgan fingerprint density at radius 2 is 1.57 bits per heavy atom. The molecule has 4 amide bonds. The molecule has 2 aliphatic rings. The summed E-state index contributed by atoms with van der Waals surface area (Å²) in [6, 6.07) is -3.82. The van der Waals surface area contributed by atoms with Crippen LogP contribution in [0, 0.1) is 23.2 Å². The predicted molar refractivity (Wildman–Crippen MR) is 185 cm³/mol. The maximum Gasteiger partial charge on any atom is 0.328 e. The molecule has 2 heterocycles. The third-order valence-electron chi connectivity index (χ3n) is 9.46. The van der Waals surface area contributed by atoms with Crippen molar-refractivity contribution in [3.05, 3.63) is 0 Å². The topological polar surface area (TPSA) is 166 Å². The van der Waals surface area contributed by atoms with Crippen LogP contribution in [0.15, 0.2) is 4.99 Å². The Kier molecular flexibility index (Phi) is 15.2. The lowest BCUT2D eigenvalue weighted by molar-refractivity contribution is -0.164. The predicted octanol–water partition coefficient (Wildman–Crippen LogP) is 3.05. The number of carbonyl (C=O) groups excluding carboxylic acids is 5. The number of hydrogen-bond acceptors (Lipinski definition) is 9. The number of amides is 4. The van der Waals surface area contributed by atoms with E-state index in [4.69, 9.17) is 9.73 Å². The number of rotatable bonds is 2. The van der Waals surface area contributed by atoms with E-state index in [2.05, 4.69) is 16.0 Å². The van der Waals surface area contributed by atoms with Crippen molar-refractivity contribution in [2.24, 2.45) is 28.2 Å². The number of aliphatic hydroxyl groups is 1. The summed E-state index contributed by atoms with van der Waals surface area (Å²) in [4.78, 5) is 72.0. The highest BCUT2D eigenvalue weighted by atomic mass is 32.2. The van der Waals surface area contributed by atoms with Crippen molar-refractivity contribution in [1.29, 1.82) is 0 Å². The molecular formula is C34H59N5O7S. The Morgan fingerprint density at radius 1 is 0.979 bits per heavy atom. The zero-order valence-electron chi connectivity index (χ0n) is 30.2. The van der Waals surface area contributed by atoms with Crippen molar-refractivity contribution in [3.63, 3.8) is 0 Å². The van der Waals surface area contributed by atoms with Gasteiger partial charge in [-0.25, -0.2) is 4.79 Å². The number of nitrogens with zero attached hydrogens (tertiary/aromatic N) is 2. The van der Waals surface area contributed by atoms with Crippen LogP contribution in [-0.4, -0.2) is 99.9 Å². The van der Waals surface area contributed by atoms with Gasteiger partial charge < -0.3 is 30.7 Å². The van der Waals surface area contributed by atoms with Gasteiger partial charge >= 0.3 is 5.97 Å². The van der Waals surface area contributed by atoms with Gasteiger partial charge in [0.2, 0.25) is 23.6 Å². The number of fused-ring (bicyclic) bond motifs is 1. The van der Waals surface area contributed by atoms with Gasteiger partial charge in [-0.15, -0.1) is 11.8 Å². The molecule has 2 bridgehead atoms. The molecule has 2 rings (SSSR count). The Bertz CT molecular complexity index is 1160. The highest BCUT2D eigenvalue weighted by Crippen LogP contribution is 2.33. The lowest BCUT2D eigenvalue weighted by atomic mass is 9.81. The number of aliphatic hydroxyl groups excluding tert-OH is 1. The van der Waals surface area contributed by atoms with E-state index in [1.165, 1.54) is 18.9 Å². The fourth-order valence-corrected chi connectivity index (χ4v) is 6.75. The van der Waals surface area contributed by atoms with Crippen LogP contribution in [0.25, 0.3) is 0 Å². The summed E-state index contributed by atoms with van der Waals surface area (Å²) in [6.07, 6.45) is 1.15. The minimum Gasteiger partial charge on any atom is -0.460 e. The van der Waals surface area contributed by atoms with Gasteiger partial charge in [-0.1, -0.05) is 54.9 Å². The van der Waals surface area contributed by atoms with E-state index in [9.17, 15) is 29.1 Å². The van der Waals surface area contributed by atoms with Crippen LogP contribution in [0.3, 0.4) is 0 Å². The van der Waals surface area contributed by atoms with Gasteiger partial charge in [0.05, 0.1) is 17.2 Å². The minimum atomic E-state index is -0.987. The summed E-state index contributed by atoms with van der Waals surface area (Å²) in [5.41, 5.74) is -0.400. The number of carbonyl (C=O) groups is 5. The second-order valence-corrected chi connectivity index (χ2v) is 15.8. The van der Waals surface area contributed by atoms with Crippen molar-refractivity contribution < 1.29 is 33.8 Å². The van der Waals surface area contributed by atoms with Crippen molar-refractivity contribution in [2.75, 3.05) is 12.8 Å². The first-order chi connectivity index (χ1) is 21.8. The van der Waals surface area contributed by atoms with Crippen LogP contribution in [0.2, 0.25) is 0 Å². The number of cyclic esters (lactones) is 1. The number of esters is 1. The molecule has 0 saturated heterocycles. The van der Waals surface area contributed by atoms with Gasteiger partial charge in [0.15, 0.2) is 0 Å². The van der Waals surface area contributed by atoms with Crippen LogP contribution in [-0.2, 0) is 28.7 Å². The molecule has 47 heavy (non-hydrogen) atoms. The lowest BCUT2D eigenvalue weighted by Crippen LogP contribution is -2.58. The molecule has 0 saturated carbocycles. The highest BCUT2D eigenvalue weighted by molar-refractivity contribution is 8.14. The normalized spacial score (nSPS) is 34.2. The van der Waals surface area contributed by atoms with Crippen LogP contribution in [0.5, 0.6) is 0 Å². The summed E-state index contributed by atoms with van der Waals surface area (Å²) in [6.45, 7) is 18.3. The van der Waals surface area contributed by atoms with Gasteiger partial charge in [0.1, 0.15) is 30.3 Å². The zero-order chi connectivity index (χ0) is 35.8. The Morgan fingerprint density at radius 3 is 2.17 bits per heavy atom. The van der Waals surface area contributed by atoms with Crippen LogP contribution in [0.4, 0.5) is 0 Å². The second-order valence-electron chi connectivity index (χ2n) is 14.7. The van der Waals surface area contributed by atoms with Gasteiger partial charge in [-0.2, -0.15) is 0 Å². The summed E-state index contributed by atoms with van der Waals surface area (Å²) >= 11 is 1.59. The van der Waals surface area contributed by atoms with E-state index >= 15 is 0 Å². The molecule has 10 atom stereocenters. The average molecular weight is 682 g/mol. The summed E-state index contributed by atoms with van der Waals surface area (Å²) in [5.74, 6) is -2.11. The largest absolute Gasteiger partial charge is 0.460 e. The van der Waals surface area contributed by atoms with E-state index in [1.54, 1.807) is 25.6 Å². The molecule has 0 aromatic carbocycles. The third kappa shape index (κ3) is 11.8. The highest BCUT2D eigenvalue weighted by Gasteiger charge is 2.38. The number of nitrogens with one attached hydrogen (secondary N) is 3. The first-order valence-electron chi connectivity index (χ1n) is 17.0. The third-order valence-corrected chi connectivity index (χ3v) is 10.8. The van der Waals surface area contributed by atoms with Crippen LogP contribution < -0.4 is 16.0 Å². The monoisotopic (exact) mass is 681 g/mol. The number of thioether (sulfide) groups is 1. The van der Waals surface area contributed by atoms with Crippen LogP contribution in [0.1, 0.15) is 101 Å². The number of hydrogen-bond donors (Lipinski definition) is 4. The molecule has 4 N–H and O–H groups in total. The van der Waals surface area contributed by atoms with E-state index < -0.39 is 65.5 Å². The molecule has 0 fully saturated rings. The lowest BCUT2D eigenvalue weighted by Gasteiger charge is -2.36. The molecule has 2 aliphatic heterocycles. The first kappa shape index (κ1) is 40.5. The van der Waals surface area contributed by atoms with Crippen molar-refractivity contribution in [2.45, 2.75) is 144 Å². The molecule has 268 valence electrons. The van der Waals surface area contributed by atoms with Crippen molar-refractivity contribution in [1.82, 2.24) is 20.9 Å². The van der Waals surface area contributed by atoms with Crippen LogP contribution >= 0.6 is 11.8 Å². The zero-order valence-corrected chi connectivity index (χ0v) is 31.0. The average Bonchev–Trinajstić information content (AvgIpc) is 3.48. The molecule has 0 aromatic heterocycles. The van der Waals surface area contributed by atoms with E-state index in [0.717, 1.165) is 5.04 Å². The molecule has 0 aliphatic carbocycles. The molecule has 0 spiro atoms. The molecule has 0 radical (unpaired) electrons. The standard InChI is InChI=1S/C34H59N5O7S/c1-12-19(3)28-32(44)39(11)23(7)33(45)46-26(34(8,9)10)16-18(2)15-25(40)20(4)31-37-24(17-47-31)13-14-27(41)35-21(5)29(42)36-22(6)30(43)38-28/h18-26,28,40H,12-17H2,1-11H3,(H,35,41)(H,36,42)(H,38,43)/t18-,19-,20-,21-,22-,23-,24+,25-,26-,28-/m0/s1. The molecule has 0 aromatic rings. The number of likely N-dealkylation sites (N-methyl/N-ethyl adjacent to an activating group) is 1. The Hall–Kier alpha value is -2.67. The smallest absolute Gasteiger partial charge is 0.328 e. The van der Waals surface area contributed by atoms with Gasteiger partial charge in [0.25, 0.3) is 0 Å². The first-order valence-corrected chi connectivity index (χ1v) is 18.0. The fourth-order valence-electron chi connectivity index (χ4n) is 5.50. The SMILES string of the molecule is CC[C@H](C)[C@@H]1NC(=O)[C@H](C)NC(=O)[C@H](C)NC(=O)CC[C@@H]2CSC(=N2)[C@@H](C)[C@@H](O)C[C@H](C)C[C@@H](C(C)(C)C)OC(=O)[C@H](C)N(C)C1=O. The quantitative estimate of drug-likeness (QED) is 0.323. The molecule has 0 unspecified atom stereocenters. The number of ether oxygens (including phenoxy) is 1. The molecular weight excluding hydrogens is 622 g/mol. The second kappa shape index (κ2) is 17.6. The van der Waals surface area contributed by atoms with Gasteiger partial charge in [-0.05, 0) is 57.3 Å². The van der Waals surface area contributed by atoms with Crippen molar-refractivity contribution >= 4 is 46.4 Å².